The van der Waals surface area contributed by atoms with Crippen molar-refractivity contribution in [1.29, 1.82) is 0 Å². The van der Waals surface area contributed by atoms with E-state index in [2.05, 4.69) is 4.98 Å². The molecule has 2 aromatic heterocycles. The molecule has 2 rings (SSSR count). The number of rotatable bonds is 1. The minimum Gasteiger partial charge on any atom is -0.477 e. The maximum absolute atomic E-state index is 12.3. The van der Waals surface area contributed by atoms with Gasteiger partial charge >= 0.3 is 12.1 Å². The Morgan fingerprint density at radius 2 is 2.19 bits per heavy atom. The number of aromatic carboxylic acids is 1. The monoisotopic (exact) mass is 250 g/mol. The number of imidazole rings is 1. The molecule has 4 nitrogen and oxygen atoms in total. The highest BCUT2D eigenvalue weighted by atomic mass is 32.1. The number of fused-ring (bicyclic) bond motifs is 1. The van der Waals surface area contributed by atoms with Crippen molar-refractivity contribution in [3.63, 3.8) is 0 Å². The number of hydrogen-bond donors (Lipinski definition) is 1. The first-order valence-corrected chi connectivity index (χ1v) is 4.91. The van der Waals surface area contributed by atoms with Crippen molar-refractivity contribution < 1.29 is 23.1 Å². The molecule has 16 heavy (non-hydrogen) atoms. The molecule has 0 aliphatic carbocycles. The van der Waals surface area contributed by atoms with E-state index in [1.54, 1.807) is 0 Å². The van der Waals surface area contributed by atoms with Gasteiger partial charge in [0.05, 0.1) is 0 Å². The molecule has 8 heteroatoms. The van der Waals surface area contributed by atoms with Crippen molar-refractivity contribution in [2.75, 3.05) is 0 Å². The first-order valence-electron chi connectivity index (χ1n) is 4.09. The zero-order valence-electron chi connectivity index (χ0n) is 7.87. The first kappa shape index (κ1) is 10.9. The Hall–Kier alpha value is -1.57. The maximum atomic E-state index is 12.3. The Balaban J connectivity index is 2.63. The summed E-state index contributed by atoms with van der Waals surface area (Å²) in [5, 5.41) is 8.76. The molecule has 0 aliphatic rings. The van der Waals surface area contributed by atoms with E-state index in [9.17, 15) is 18.0 Å². The quantitative estimate of drug-likeness (QED) is 0.845. The van der Waals surface area contributed by atoms with Gasteiger partial charge in [-0.1, -0.05) is 11.3 Å². The van der Waals surface area contributed by atoms with Crippen LogP contribution in [0.3, 0.4) is 0 Å². The fourth-order valence-electron chi connectivity index (χ4n) is 1.29. The van der Waals surface area contributed by atoms with Gasteiger partial charge in [0.15, 0.2) is 10.7 Å². The van der Waals surface area contributed by atoms with E-state index in [1.165, 1.54) is 6.92 Å². The van der Waals surface area contributed by atoms with Crippen LogP contribution < -0.4 is 0 Å². The summed E-state index contributed by atoms with van der Waals surface area (Å²) in [6.45, 7) is 1.44. The van der Waals surface area contributed by atoms with Crippen LogP contribution in [0.1, 0.15) is 21.1 Å². The molecule has 0 saturated carbocycles. The first-order chi connectivity index (χ1) is 7.30. The summed E-state index contributed by atoms with van der Waals surface area (Å²) in [6, 6.07) is 0. The normalized spacial score (nSPS) is 12.2. The number of aromatic nitrogens is 2. The Morgan fingerprint density at radius 1 is 1.56 bits per heavy atom. The van der Waals surface area contributed by atoms with E-state index in [1.807, 2.05) is 0 Å². The molecular formula is C8H5F3N2O2S. The summed E-state index contributed by atoms with van der Waals surface area (Å²) in [7, 11) is 0. The van der Waals surface area contributed by atoms with Crippen LogP contribution in [0, 0.1) is 6.92 Å². The lowest BCUT2D eigenvalue weighted by Gasteiger charge is -1.99. The standard InChI is InChI=1S/C8H5F3N2O2S/c1-3-5(6(14)15)16-7-12-4(2-13(3)7)8(9,10)11/h2H,1H3,(H,14,15). The Bertz CT molecular complexity index is 570. The third-order valence-corrected chi connectivity index (χ3v) is 3.19. The molecule has 1 N–H and O–H groups in total. The predicted molar refractivity (Wildman–Crippen MR) is 49.8 cm³/mol. The van der Waals surface area contributed by atoms with E-state index in [-0.39, 0.29) is 15.5 Å². The van der Waals surface area contributed by atoms with Crippen LogP contribution in [-0.2, 0) is 6.18 Å². The molecule has 0 aliphatic heterocycles. The molecule has 0 spiro atoms. The second kappa shape index (κ2) is 3.21. The van der Waals surface area contributed by atoms with Crippen molar-refractivity contribution in [3.8, 4) is 0 Å². The number of carbonyl (C=O) groups is 1. The van der Waals surface area contributed by atoms with Crippen LogP contribution in [0.25, 0.3) is 4.96 Å². The molecule has 86 valence electrons. The average molecular weight is 250 g/mol. The maximum Gasteiger partial charge on any atom is 0.434 e. The number of carboxylic acid groups (broad SMARTS) is 1. The Labute approximate surface area is 91.0 Å². The topological polar surface area (TPSA) is 54.6 Å². The molecule has 2 aromatic rings. The Morgan fingerprint density at radius 3 is 2.62 bits per heavy atom. The lowest BCUT2D eigenvalue weighted by molar-refractivity contribution is -0.140. The van der Waals surface area contributed by atoms with E-state index in [0.29, 0.717) is 0 Å². The van der Waals surface area contributed by atoms with Crippen LogP contribution in [0.2, 0.25) is 0 Å². The van der Waals surface area contributed by atoms with Gasteiger partial charge in [0.1, 0.15) is 4.88 Å². The van der Waals surface area contributed by atoms with Gasteiger partial charge in [0, 0.05) is 11.9 Å². The number of thiazole rings is 1. The third-order valence-electron chi connectivity index (χ3n) is 2.04. The number of alkyl halides is 3. The summed E-state index contributed by atoms with van der Waals surface area (Å²) < 4.78 is 38.1. The van der Waals surface area contributed by atoms with Gasteiger partial charge in [0.2, 0.25) is 0 Å². The molecular weight excluding hydrogens is 245 g/mol. The van der Waals surface area contributed by atoms with Crippen molar-refractivity contribution in [2.45, 2.75) is 13.1 Å². The summed E-state index contributed by atoms with van der Waals surface area (Å²) in [5.41, 5.74) is -0.769. The minimum absolute atomic E-state index is 0.00350. The molecule has 0 atom stereocenters. The van der Waals surface area contributed by atoms with Crippen LogP contribution >= 0.6 is 11.3 Å². The number of nitrogens with zero attached hydrogens (tertiary/aromatic N) is 2. The average Bonchev–Trinajstić information content (AvgIpc) is 2.64. The molecule has 2 heterocycles. The predicted octanol–water partition coefficient (Wildman–Crippen LogP) is 2.42. The number of carboxylic acids is 1. The van der Waals surface area contributed by atoms with Crippen LogP contribution in [-0.4, -0.2) is 20.5 Å². The van der Waals surface area contributed by atoms with Gasteiger partial charge in [-0.15, -0.1) is 0 Å². The second-order valence-electron chi connectivity index (χ2n) is 3.10. The van der Waals surface area contributed by atoms with Gasteiger partial charge in [0.25, 0.3) is 0 Å². The minimum atomic E-state index is -4.51. The summed E-state index contributed by atoms with van der Waals surface area (Å²) in [4.78, 5) is 14.1. The van der Waals surface area contributed by atoms with Crippen LogP contribution in [0.5, 0.6) is 0 Å². The highest BCUT2D eigenvalue weighted by molar-refractivity contribution is 7.18. The molecule has 0 amide bonds. The largest absolute Gasteiger partial charge is 0.477 e. The molecule has 0 saturated heterocycles. The van der Waals surface area contributed by atoms with E-state index < -0.39 is 17.8 Å². The van der Waals surface area contributed by atoms with Crippen molar-refractivity contribution in [1.82, 2.24) is 9.38 Å². The lowest BCUT2D eigenvalue weighted by Crippen LogP contribution is -2.05. The lowest BCUT2D eigenvalue weighted by atomic mass is 10.4. The molecule has 0 bridgehead atoms. The van der Waals surface area contributed by atoms with Gasteiger partial charge in [-0.05, 0) is 6.92 Å². The van der Waals surface area contributed by atoms with E-state index >= 15 is 0 Å². The van der Waals surface area contributed by atoms with Crippen molar-refractivity contribution in [3.05, 3.63) is 22.5 Å². The smallest absolute Gasteiger partial charge is 0.434 e. The van der Waals surface area contributed by atoms with Gasteiger partial charge in [-0.3, -0.25) is 4.40 Å². The van der Waals surface area contributed by atoms with Gasteiger partial charge in [-0.2, -0.15) is 13.2 Å². The van der Waals surface area contributed by atoms with E-state index in [4.69, 9.17) is 5.11 Å². The van der Waals surface area contributed by atoms with Crippen LogP contribution in [0.4, 0.5) is 13.2 Å². The molecule has 0 fully saturated rings. The zero-order chi connectivity index (χ0) is 12.1. The molecule has 0 unspecified atom stereocenters. The summed E-state index contributed by atoms with van der Waals surface area (Å²) in [6.07, 6.45) is -3.71. The number of aryl methyl sites for hydroxylation is 1. The Kier molecular flexibility index (Phi) is 2.19. The fourth-order valence-corrected chi connectivity index (χ4v) is 2.23. The summed E-state index contributed by atoms with van der Waals surface area (Å²) in [5.74, 6) is -1.17. The van der Waals surface area contributed by atoms with Crippen LogP contribution in [0.15, 0.2) is 6.20 Å². The second-order valence-corrected chi connectivity index (χ2v) is 4.08. The number of hydrogen-bond acceptors (Lipinski definition) is 3. The number of halogens is 3. The SMILES string of the molecule is Cc1c(C(=O)O)sc2nc(C(F)(F)F)cn12. The summed E-state index contributed by atoms with van der Waals surface area (Å²) >= 11 is 0.721. The van der Waals surface area contributed by atoms with Gasteiger partial charge < -0.3 is 5.11 Å². The zero-order valence-corrected chi connectivity index (χ0v) is 8.69. The van der Waals surface area contributed by atoms with E-state index in [0.717, 1.165) is 21.9 Å². The molecule has 0 aromatic carbocycles. The highest BCUT2D eigenvalue weighted by Gasteiger charge is 2.34. The van der Waals surface area contributed by atoms with Gasteiger partial charge in [-0.25, -0.2) is 9.78 Å². The molecule has 0 radical (unpaired) electrons. The highest BCUT2D eigenvalue weighted by Crippen LogP contribution is 2.31. The third kappa shape index (κ3) is 1.54. The van der Waals surface area contributed by atoms with Crippen molar-refractivity contribution in [2.24, 2.45) is 0 Å². The van der Waals surface area contributed by atoms with Crippen molar-refractivity contribution >= 4 is 22.3 Å². The fraction of sp³-hybridized carbons (Fsp3) is 0.250.